The molecule has 0 spiro atoms. The molecule has 0 aliphatic carbocycles. The number of hydrogen-bond donors (Lipinski definition) is 3. The number of anilines is 4. The zero-order chi connectivity index (χ0) is 26.5. The van der Waals surface area contributed by atoms with Crippen molar-refractivity contribution in [3.63, 3.8) is 0 Å². The van der Waals surface area contributed by atoms with Gasteiger partial charge in [0.05, 0.1) is 37.0 Å². The zero-order valence-corrected chi connectivity index (χ0v) is 23.0. The van der Waals surface area contributed by atoms with Crippen LogP contribution in [0.4, 0.5) is 31.9 Å². The maximum absolute atomic E-state index is 14.1. The Bertz CT molecular complexity index is 1280. The molecule has 2 aromatic heterocycles. The van der Waals surface area contributed by atoms with Gasteiger partial charge in [-0.3, -0.25) is 4.98 Å². The number of nitrogens with one attached hydrogen (secondary N) is 3. The monoisotopic (exact) mass is 558 g/mol. The van der Waals surface area contributed by atoms with Crippen molar-refractivity contribution >= 4 is 53.1 Å². The summed E-state index contributed by atoms with van der Waals surface area (Å²) in [6.07, 6.45) is 5.86. The highest BCUT2D eigenvalue weighted by Gasteiger charge is 2.27. The van der Waals surface area contributed by atoms with E-state index in [4.69, 9.17) is 4.74 Å². The first-order chi connectivity index (χ1) is 18.3. The van der Waals surface area contributed by atoms with Gasteiger partial charge in [-0.1, -0.05) is 18.5 Å². The van der Waals surface area contributed by atoms with E-state index in [1.165, 1.54) is 6.07 Å². The molecule has 0 bridgehead atoms. The lowest BCUT2D eigenvalue weighted by Crippen LogP contribution is -2.38. The Hall–Kier alpha value is -2.84. The van der Waals surface area contributed by atoms with E-state index in [0.717, 1.165) is 49.3 Å². The molecule has 5 rings (SSSR count). The van der Waals surface area contributed by atoms with Crippen molar-refractivity contribution < 1.29 is 13.5 Å². The average Bonchev–Trinajstić information content (AvgIpc) is 3.46. The number of nitrogens with zero attached hydrogens (tertiary/aromatic N) is 5. The molecule has 0 saturated carbocycles. The molecule has 9 nitrogen and oxygen atoms in total. The summed E-state index contributed by atoms with van der Waals surface area (Å²) >= 11 is 0. The van der Waals surface area contributed by atoms with Gasteiger partial charge in [0.2, 0.25) is 5.95 Å². The summed E-state index contributed by atoms with van der Waals surface area (Å²) in [5, 5.41) is 11.6. The Morgan fingerprint density at radius 1 is 1.13 bits per heavy atom. The molecule has 3 unspecified atom stereocenters. The van der Waals surface area contributed by atoms with Crippen molar-refractivity contribution in [3.05, 3.63) is 59.5 Å². The van der Waals surface area contributed by atoms with Gasteiger partial charge in [0.25, 0.3) is 5.66 Å². The van der Waals surface area contributed by atoms with E-state index < -0.39 is 5.66 Å². The summed E-state index contributed by atoms with van der Waals surface area (Å²) in [4.78, 5) is 15.4. The molecular formula is C25H30F2N8OP2. The molecule has 2 aliphatic rings. The van der Waals surface area contributed by atoms with Gasteiger partial charge in [-0.2, -0.15) is 18.9 Å². The first-order valence-electron chi connectivity index (χ1n) is 12.4. The Morgan fingerprint density at radius 3 is 2.68 bits per heavy atom. The fourth-order valence-corrected chi connectivity index (χ4v) is 4.92. The first-order valence-corrected chi connectivity index (χ1v) is 13.5. The minimum atomic E-state index is -3.01. The molecule has 2 saturated heterocycles. The van der Waals surface area contributed by atoms with E-state index in [1.54, 1.807) is 40.0 Å². The van der Waals surface area contributed by atoms with Crippen LogP contribution in [-0.2, 0) is 10.4 Å². The van der Waals surface area contributed by atoms with E-state index in [0.29, 0.717) is 36.2 Å². The predicted molar refractivity (Wildman–Crippen MR) is 153 cm³/mol. The maximum atomic E-state index is 14.1. The molecular weight excluding hydrogens is 528 g/mol. The molecule has 3 aromatic rings. The minimum Gasteiger partial charge on any atom is -0.378 e. The van der Waals surface area contributed by atoms with Crippen LogP contribution >= 0.6 is 18.5 Å². The number of hydrogen-bond acceptors (Lipinski definition) is 9. The van der Waals surface area contributed by atoms with Crippen LogP contribution in [0.1, 0.15) is 29.2 Å². The van der Waals surface area contributed by atoms with Crippen molar-refractivity contribution in [1.29, 1.82) is 0 Å². The number of morpholine rings is 1. The summed E-state index contributed by atoms with van der Waals surface area (Å²) in [6, 6.07) is 8.62. The Morgan fingerprint density at radius 2 is 1.97 bits per heavy atom. The number of ether oxygens (including phenoxy) is 1. The number of benzene rings is 1. The highest BCUT2D eigenvalue weighted by atomic mass is 31.0. The lowest BCUT2D eigenvalue weighted by molar-refractivity contribution is 0.104. The third kappa shape index (κ3) is 6.77. The molecule has 4 heterocycles. The van der Waals surface area contributed by atoms with Gasteiger partial charge < -0.3 is 20.3 Å². The molecule has 1 aromatic carbocycles. The minimum absolute atomic E-state index is 0.0362. The normalized spacial score (nSPS) is 18.2. The molecule has 2 aliphatic heterocycles. The summed E-state index contributed by atoms with van der Waals surface area (Å²) < 4.78 is 33.7. The van der Waals surface area contributed by atoms with Crippen LogP contribution in [-0.4, -0.2) is 60.6 Å². The van der Waals surface area contributed by atoms with Gasteiger partial charge in [0.1, 0.15) is 5.82 Å². The average molecular weight is 559 g/mol. The fraction of sp³-hybridized carbons (Fsp3) is 0.360. The van der Waals surface area contributed by atoms with Crippen LogP contribution in [0.5, 0.6) is 0 Å². The standard InChI is InChI=1S/C25H30F2N8OP2/c26-25(27,38)18-9-17(16-3-4-28-12-16)10-21(11-18)32-20-2-1-19(29-13-20)14-31-34-24-30-15-22(37)23(33-24)35-5-7-36-8-6-35/h1-2,9-11,13-16,28,32H,3-8,12,37-38H2,(H,30,33,34)/b31-14+. The Kier molecular flexibility index (Phi) is 8.39. The Labute approximate surface area is 224 Å². The number of rotatable bonds is 8. The summed E-state index contributed by atoms with van der Waals surface area (Å²) in [7, 11) is 4.28. The molecule has 3 atom stereocenters. The van der Waals surface area contributed by atoms with Gasteiger partial charge >= 0.3 is 0 Å². The van der Waals surface area contributed by atoms with Gasteiger partial charge in [-0.05, 0) is 54.8 Å². The van der Waals surface area contributed by atoms with Crippen LogP contribution in [0.2, 0.25) is 0 Å². The van der Waals surface area contributed by atoms with Crippen molar-refractivity contribution in [2.24, 2.45) is 5.10 Å². The zero-order valence-electron chi connectivity index (χ0n) is 20.7. The number of halogens is 2. The van der Waals surface area contributed by atoms with E-state index in [-0.39, 0.29) is 11.5 Å². The van der Waals surface area contributed by atoms with Crippen LogP contribution in [0, 0.1) is 0 Å². The van der Waals surface area contributed by atoms with Crippen LogP contribution < -0.4 is 26.3 Å². The van der Waals surface area contributed by atoms with Crippen molar-refractivity contribution in [3.8, 4) is 0 Å². The number of pyridine rings is 1. The fourth-order valence-electron chi connectivity index (χ4n) is 4.43. The molecule has 0 radical (unpaired) electrons. The Balaban J connectivity index is 1.24. The van der Waals surface area contributed by atoms with Crippen LogP contribution in [0.15, 0.2) is 47.8 Å². The second kappa shape index (κ2) is 11.9. The summed E-state index contributed by atoms with van der Waals surface area (Å²) in [5.74, 6) is 1.43. The number of alkyl halides is 2. The number of hydrazone groups is 1. The maximum Gasteiger partial charge on any atom is 0.283 e. The quantitative estimate of drug-likeness (QED) is 0.220. The lowest BCUT2D eigenvalue weighted by Gasteiger charge is -2.28. The highest BCUT2D eigenvalue weighted by molar-refractivity contribution is 7.28. The predicted octanol–water partition coefficient (Wildman–Crippen LogP) is 3.40. The van der Waals surface area contributed by atoms with Gasteiger partial charge in [-0.25, -0.2) is 10.4 Å². The van der Waals surface area contributed by atoms with E-state index in [1.807, 2.05) is 12.1 Å². The van der Waals surface area contributed by atoms with Crippen LogP contribution in [0.25, 0.3) is 0 Å². The van der Waals surface area contributed by atoms with Crippen LogP contribution in [0.3, 0.4) is 0 Å². The topological polar surface area (TPSA) is 99.6 Å². The molecule has 38 heavy (non-hydrogen) atoms. The van der Waals surface area contributed by atoms with E-state index in [2.05, 4.69) is 50.3 Å². The molecule has 13 heteroatoms. The van der Waals surface area contributed by atoms with Crippen molar-refractivity contribution in [1.82, 2.24) is 20.3 Å². The second-order valence-electron chi connectivity index (χ2n) is 9.20. The summed E-state index contributed by atoms with van der Waals surface area (Å²) in [5.41, 5.74) is 2.60. The SMILES string of the molecule is FC(F)(P)c1cc(Nc2ccc(/C=N/Nc3ncc(P)c(N4CCOCC4)n3)nc2)cc(C2CCNC2)c1. The summed E-state index contributed by atoms with van der Waals surface area (Å²) in [6.45, 7) is 4.56. The molecule has 2 fully saturated rings. The highest BCUT2D eigenvalue weighted by Crippen LogP contribution is 2.39. The lowest BCUT2D eigenvalue weighted by atomic mass is 9.95. The van der Waals surface area contributed by atoms with Gasteiger partial charge in [0, 0.05) is 42.4 Å². The second-order valence-corrected chi connectivity index (χ2v) is 10.5. The van der Waals surface area contributed by atoms with Crippen molar-refractivity contribution in [2.45, 2.75) is 18.0 Å². The smallest absolute Gasteiger partial charge is 0.283 e. The van der Waals surface area contributed by atoms with Gasteiger partial charge in [0.15, 0.2) is 0 Å². The van der Waals surface area contributed by atoms with Gasteiger partial charge in [-0.15, -0.1) is 0 Å². The molecule has 3 N–H and O–H groups in total. The third-order valence-corrected chi connectivity index (χ3v) is 7.16. The molecule has 200 valence electrons. The molecule has 0 amide bonds. The largest absolute Gasteiger partial charge is 0.378 e. The first kappa shape index (κ1) is 26.8. The van der Waals surface area contributed by atoms with E-state index >= 15 is 0 Å². The third-order valence-electron chi connectivity index (χ3n) is 6.41. The number of aromatic nitrogens is 3. The van der Waals surface area contributed by atoms with E-state index in [9.17, 15) is 8.78 Å². The van der Waals surface area contributed by atoms with Crippen molar-refractivity contribution in [2.75, 3.05) is 55.0 Å².